The van der Waals surface area contributed by atoms with E-state index < -0.39 is 0 Å². The van der Waals surface area contributed by atoms with Gasteiger partial charge in [-0.15, -0.1) is 6.92 Å². The van der Waals surface area contributed by atoms with Gasteiger partial charge in [0.15, 0.2) is 0 Å². The molecule has 0 heterocycles. The van der Waals surface area contributed by atoms with E-state index in [2.05, 4.69) is 40.7 Å². The van der Waals surface area contributed by atoms with Crippen LogP contribution in [0.2, 0.25) is 0 Å². The number of hydrogen-bond donors (Lipinski definition) is 0. The molecule has 0 nitrogen and oxygen atoms in total. The maximum Gasteiger partial charge on any atom is 0 e. The van der Waals surface area contributed by atoms with Crippen LogP contribution in [0.3, 0.4) is 0 Å². The Bertz CT molecular complexity index is 219. The summed E-state index contributed by atoms with van der Waals surface area (Å²) in [5.41, 5.74) is 4.39. The van der Waals surface area contributed by atoms with Crippen molar-refractivity contribution in [2.45, 2.75) is 34.6 Å². The van der Waals surface area contributed by atoms with E-state index in [4.69, 9.17) is 0 Å². The molecule has 0 amide bonds. The van der Waals surface area contributed by atoms with Crippen molar-refractivity contribution in [3.8, 4) is 0 Å². The first kappa shape index (κ1) is 11.8. The van der Waals surface area contributed by atoms with Crippen molar-refractivity contribution >= 4 is 0 Å². The monoisotopic (exact) mass is 287 g/mol. The summed E-state index contributed by atoms with van der Waals surface area (Å²) in [6.07, 6.45) is 3.44. The largest absolute Gasteiger partial charge is 0.263 e. The van der Waals surface area contributed by atoms with Crippen LogP contribution >= 0.6 is 0 Å². The predicted octanol–water partition coefficient (Wildman–Crippen LogP) is 3.11. The minimum Gasteiger partial charge on any atom is -0.263 e. The quantitative estimate of drug-likeness (QED) is 0.600. The maximum atomic E-state index is 3.44. The van der Waals surface area contributed by atoms with Gasteiger partial charge in [0.2, 0.25) is 0 Å². The average Bonchev–Trinajstić information content (AvgIpc) is 1.95. The van der Waals surface area contributed by atoms with E-state index in [1.54, 1.807) is 0 Å². The molecule has 0 spiro atoms. The second-order valence-electron chi connectivity index (χ2n) is 3.62. The standard InChI is InChI=1S/C10H15.Sm/c1-7-6-10(4,5)9(3)8(7)2;/h1-5H3;/q-1;. The minimum absolute atomic E-state index is 0. The van der Waals surface area contributed by atoms with Gasteiger partial charge in [-0.2, -0.15) is 11.1 Å². The molecule has 1 aliphatic rings. The Morgan fingerprint density at radius 2 is 1.55 bits per heavy atom. The van der Waals surface area contributed by atoms with Crippen LogP contribution in [0, 0.1) is 51.9 Å². The van der Waals surface area contributed by atoms with Crippen LogP contribution in [0.1, 0.15) is 34.6 Å². The van der Waals surface area contributed by atoms with Crippen molar-refractivity contribution in [1.29, 1.82) is 0 Å². The summed E-state index contributed by atoms with van der Waals surface area (Å²) >= 11 is 0. The Morgan fingerprint density at radius 3 is 1.64 bits per heavy atom. The molecule has 62 valence electrons. The molecule has 11 heavy (non-hydrogen) atoms. The third kappa shape index (κ3) is 2.14. The second-order valence-corrected chi connectivity index (χ2v) is 3.62. The first-order chi connectivity index (χ1) is 4.45. The Hall–Kier alpha value is 0.818. The average molecular weight is 286 g/mol. The zero-order valence-corrected chi connectivity index (χ0v) is 10.5. The fourth-order valence-electron chi connectivity index (χ4n) is 1.41. The van der Waals surface area contributed by atoms with Crippen molar-refractivity contribution in [1.82, 2.24) is 0 Å². The van der Waals surface area contributed by atoms with E-state index in [1.165, 1.54) is 16.7 Å². The van der Waals surface area contributed by atoms with Crippen LogP contribution in [0.25, 0.3) is 0 Å². The summed E-state index contributed by atoms with van der Waals surface area (Å²) in [7, 11) is 0. The van der Waals surface area contributed by atoms with E-state index in [-0.39, 0.29) is 45.8 Å². The first-order valence-corrected chi connectivity index (χ1v) is 3.75. The molecule has 0 bridgehead atoms. The number of rotatable bonds is 0. The Morgan fingerprint density at radius 1 is 1.09 bits per heavy atom. The fourth-order valence-corrected chi connectivity index (χ4v) is 1.41. The van der Waals surface area contributed by atoms with Gasteiger partial charge < -0.3 is 0 Å². The first-order valence-electron chi connectivity index (χ1n) is 3.75. The molecule has 1 rings (SSSR count). The second kappa shape index (κ2) is 3.69. The van der Waals surface area contributed by atoms with Crippen LogP contribution in [-0.4, -0.2) is 0 Å². The molecular formula is C10H15Sm-. The van der Waals surface area contributed by atoms with Crippen molar-refractivity contribution in [3.63, 3.8) is 0 Å². The molecule has 0 saturated carbocycles. The van der Waals surface area contributed by atoms with Crippen LogP contribution in [0.15, 0.2) is 16.7 Å². The summed E-state index contributed by atoms with van der Waals surface area (Å²) in [6, 6.07) is 0. The SMILES string of the molecule is CC1=[C-]C(C)(C)C(C)=C1C.[Sm]. The Kier molecular flexibility index (Phi) is 3.96. The number of allylic oxidation sites excluding steroid dienone is 4. The summed E-state index contributed by atoms with van der Waals surface area (Å²) in [5.74, 6) is 0. The van der Waals surface area contributed by atoms with Crippen molar-refractivity contribution < 1.29 is 40.4 Å². The molecule has 0 radical (unpaired) electrons. The predicted molar refractivity (Wildman–Crippen MR) is 44.6 cm³/mol. The molecule has 1 heteroatoms. The van der Waals surface area contributed by atoms with Gasteiger partial charge in [-0.05, 0) is 0 Å². The Balaban J connectivity index is 0.000001000. The van der Waals surface area contributed by atoms with Crippen LogP contribution in [-0.2, 0) is 0 Å². The van der Waals surface area contributed by atoms with Gasteiger partial charge in [-0.3, -0.25) is 6.08 Å². The van der Waals surface area contributed by atoms with Crippen LogP contribution < -0.4 is 0 Å². The molecule has 0 N–H and O–H groups in total. The van der Waals surface area contributed by atoms with Crippen LogP contribution in [0.4, 0.5) is 0 Å². The molecule has 0 aromatic carbocycles. The summed E-state index contributed by atoms with van der Waals surface area (Å²) < 4.78 is 0. The third-order valence-electron chi connectivity index (χ3n) is 2.56. The van der Waals surface area contributed by atoms with Gasteiger partial charge in [-0.1, -0.05) is 33.1 Å². The van der Waals surface area contributed by atoms with Crippen molar-refractivity contribution in [2.75, 3.05) is 0 Å². The molecule has 0 unspecified atom stereocenters. The van der Waals surface area contributed by atoms with E-state index in [1.807, 2.05) is 0 Å². The van der Waals surface area contributed by atoms with Crippen molar-refractivity contribution in [3.05, 3.63) is 22.8 Å². The van der Waals surface area contributed by atoms with Gasteiger partial charge >= 0.3 is 0 Å². The normalized spacial score (nSPS) is 21.4. The summed E-state index contributed by atoms with van der Waals surface area (Å²) in [5, 5.41) is 0. The zero-order chi connectivity index (χ0) is 7.94. The van der Waals surface area contributed by atoms with E-state index in [0.29, 0.717) is 0 Å². The van der Waals surface area contributed by atoms with Gasteiger partial charge in [0.25, 0.3) is 0 Å². The van der Waals surface area contributed by atoms with Gasteiger partial charge in [0.05, 0.1) is 0 Å². The van der Waals surface area contributed by atoms with Gasteiger partial charge in [-0.25, -0.2) is 5.57 Å². The molecule has 1 aliphatic carbocycles. The topological polar surface area (TPSA) is 0 Å². The molecule has 0 aromatic heterocycles. The summed E-state index contributed by atoms with van der Waals surface area (Å²) in [4.78, 5) is 0. The zero-order valence-electron chi connectivity index (χ0n) is 7.91. The fraction of sp³-hybridized carbons (Fsp3) is 0.600. The number of hydrogen-bond acceptors (Lipinski definition) is 0. The maximum absolute atomic E-state index is 3.44. The van der Waals surface area contributed by atoms with E-state index >= 15 is 0 Å². The molecule has 0 atom stereocenters. The molecular weight excluding hydrogens is 270 g/mol. The van der Waals surface area contributed by atoms with Gasteiger partial charge in [0, 0.05) is 40.4 Å². The van der Waals surface area contributed by atoms with Gasteiger partial charge in [0.1, 0.15) is 0 Å². The molecule has 0 fully saturated rings. The van der Waals surface area contributed by atoms with E-state index in [0.717, 1.165) is 0 Å². The molecule has 0 aliphatic heterocycles. The van der Waals surface area contributed by atoms with Crippen molar-refractivity contribution in [2.24, 2.45) is 5.41 Å². The van der Waals surface area contributed by atoms with E-state index in [9.17, 15) is 0 Å². The molecule has 0 saturated heterocycles. The smallest absolute Gasteiger partial charge is 0 e. The molecule has 0 aromatic rings. The third-order valence-corrected chi connectivity index (χ3v) is 2.56. The minimum atomic E-state index is 0. The summed E-state index contributed by atoms with van der Waals surface area (Å²) in [6.45, 7) is 10.9. The van der Waals surface area contributed by atoms with Crippen LogP contribution in [0.5, 0.6) is 0 Å². The Labute approximate surface area is 102 Å².